The van der Waals surface area contributed by atoms with Gasteiger partial charge in [-0.2, -0.15) is 5.10 Å². The molecule has 0 saturated carbocycles. The minimum Gasteiger partial charge on any atom is -0.312 e. The Hall–Kier alpha value is -1.68. The van der Waals surface area contributed by atoms with Crippen LogP contribution in [0.15, 0.2) is 35.3 Å². The van der Waals surface area contributed by atoms with Crippen LogP contribution in [0.2, 0.25) is 0 Å². The summed E-state index contributed by atoms with van der Waals surface area (Å²) in [6, 6.07) is 8.13. The molecule has 0 amide bonds. The zero-order valence-electron chi connectivity index (χ0n) is 9.60. The second kappa shape index (κ2) is 4.30. The van der Waals surface area contributed by atoms with Gasteiger partial charge in [-0.15, -0.1) is 0 Å². The molecule has 1 aromatic heterocycles. The highest BCUT2D eigenvalue weighted by molar-refractivity contribution is 5.77. The van der Waals surface area contributed by atoms with E-state index in [0.29, 0.717) is 6.04 Å². The van der Waals surface area contributed by atoms with Crippen LogP contribution in [-0.2, 0) is 6.54 Å². The molecule has 1 atom stereocenters. The second-order valence-electron chi connectivity index (χ2n) is 4.50. The van der Waals surface area contributed by atoms with Crippen LogP contribution in [0.25, 0.3) is 10.9 Å². The van der Waals surface area contributed by atoms with Crippen molar-refractivity contribution in [2.45, 2.75) is 25.4 Å². The average molecular weight is 229 g/mol. The number of aromatic nitrogens is 2. The van der Waals surface area contributed by atoms with Gasteiger partial charge in [0.2, 0.25) is 5.43 Å². The number of rotatable bonds is 2. The van der Waals surface area contributed by atoms with Crippen LogP contribution in [0, 0.1) is 0 Å². The van der Waals surface area contributed by atoms with Crippen LogP contribution < -0.4 is 10.7 Å². The molecule has 1 aromatic carbocycles. The third-order valence-corrected chi connectivity index (χ3v) is 3.32. The summed E-state index contributed by atoms with van der Waals surface area (Å²) >= 11 is 0. The summed E-state index contributed by atoms with van der Waals surface area (Å²) in [4.78, 5) is 11.7. The van der Waals surface area contributed by atoms with Gasteiger partial charge in [0.15, 0.2) is 0 Å². The van der Waals surface area contributed by atoms with Crippen molar-refractivity contribution in [3.63, 3.8) is 0 Å². The Morgan fingerprint density at radius 3 is 3.12 bits per heavy atom. The number of benzene rings is 1. The van der Waals surface area contributed by atoms with Crippen LogP contribution in [0.4, 0.5) is 0 Å². The minimum atomic E-state index is -0.00349. The zero-order valence-corrected chi connectivity index (χ0v) is 9.60. The first-order valence-electron chi connectivity index (χ1n) is 6.03. The van der Waals surface area contributed by atoms with E-state index in [1.807, 2.05) is 28.9 Å². The molecule has 1 unspecified atom stereocenters. The van der Waals surface area contributed by atoms with Crippen molar-refractivity contribution in [1.29, 1.82) is 0 Å². The monoisotopic (exact) mass is 229 g/mol. The molecule has 0 radical (unpaired) electrons. The Kier molecular flexibility index (Phi) is 2.65. The molecule has 2 aromatic rings. The molecule has 0 bridgehead atoms. The van der Waals surface area contributed by atoms with E-state index in [-0.39, 0.29) is 5.43 Å². The van der Waals surface area contributed by atoms with Crippen molar-refractivity contribution in [2.24, 2.45) is 0 Å². The molecule has 1 saturated heterocycles. The molecule has 2 heterocycles. The first-order chi connectivity index (χ1) is 8.34. The van der Waals surface area contributed by atoms with Crippen LogP contribution in [0.1, 0.15) is 12.8 Å². The Labute approximate surface area is 99.3 Å². The van der Waals surface area contributed by atoms with Gasteiger partial charge in [0.05, 0.1) is 18.3 Å². The highest BCUT2D eigenvalue weighted by Gasteiger charge is 2.15. The van der Waals surface area contributed by atoms with E-state index in [1.54, 1.807) is 0 Å². The lowest BCUT2D eigenvalue weighted by molar-refractivity contribution is 0.481. The fourth-order valence-corrected chi connectivity index (χ4v) is 2.43. The topological polar surface area (TPSA) is 46.9 Å². The molecule has 1 aliphatic heterocycles. The largest absolute Gasteiger partial charge is 0.312 e. The summed E-state index contributed by atoms with van der Waals surface area (Å²) in [5.41, 5.74) is 0.921. The second-order valence-corrected chi connectivity index (χ2v) is 4.50. The van der Waals surface area contributed by atoms with Gasteiger partial charge in [-0.1, -0.05) is 12.1 Å². The summed E-state index contributed by atoms with van der Waals surface area (Å²) in [6.07, 6.45) is 3.82. The lowest BCUT2D eigenvalue weighted by atomic mass is 10.2. The first-order valence-corrected chi connectivity index (χ1v) is 6.03. The molecule has 17 heavy (non-hydrogen) atoms. The van der Waals surface area contributed by atoms with E-state index in [4.69, 9.17) is 0 Å². The quantitative estimate of drug-likeness (QED) is 0.840. The van der Waals surface area contributed by atoms with Crippen molar-refractivity contribution in [2.75, 3.05) is 6.54 Å². The van der Waals surface area contributed by atoms with E-state index >= 15 is 0 Å². The maximum Gasteiger partial charge on any atom is 0.207 e. The summed E-state index contributed by atoms with van der Waals surface area (Å²) in [5, 5.41) is 8.43. The smallest absolute Gasteiger partial charge is 0.207 e. The molecule has 1 aliphatic rings. The standard InChI is InChI=1S/C13H15N3O/c17-13-8-15-16(9-10-4-3-7-14-10)12-6-2-1-5-11(12)13/h1-2,5-6,8,10,14H,3-4,7,9H2. The van der Waals surface area contributed by atoms with Gasteiger partial charge in [-0.05, 0) is 31.5 Å². The Balaban J connectivity index is 2.04. The summed E-state index contributed by atoms with van der Waals surface area (Å²) in [5.74, 6) is 0. The van der Waals surface area contributed by atoms with Crippen molar-refractivity contribution in [1.82, 2.24) is 15.1 Å². The van der Waals surface area contributed by atoms with E-state index in [0.717, 1.165) is 24.0 Å². The van der Waals surface area contributed by atoms with Gasteiger partial charge >= 0.3 is 0 Å². The van der Waals surface area contributed by atoms with Crippen molar-refractivity contribution in [3.8, 4) is 0 Å². The van der Waals surface area contributed by atoms with E-state index in [9.17, 15) is 4.79 Å². The number of hydrogen-bond acceptors (Lipinski definition) is 3. The minimum absolute atomic E-state index is 0.00349. The van der Waals surface area contributed by atoms with E-state index in [1.165, 1.54) is 19.0 Å². The fraction of sp³-hybridized carbons (Fsp3) is 0.385. The van der Waals surface area contributed by atoms with Gasteiger partial charge < -0.3 is 5.32 Å². The molecule has 4 nitrogen and oxygen atoms in total. The fourth-order valence-electron chi connectivity index (χ4n) is 2.43. The number of fused-ring (bicyclic) bond motifs is 1. The van der Waals surface area contributed by atoms with Crippen molar-refractivity contribution in [3.05, 3.63) is 40.7 Å². The normalized spacial score (nSPS) is 19.9. The summed E-state index contributed by atoms with van der Waals surface area (Å²) in [7, 11) is 0. The van der Waals surface area contributed by atoms with Crippen molar-refractivity contribution >= 4 is 10.9 Å². The maximum atomic E-state index is 11.7. The highest BCUT2D eigenvalue weighted by atomic mass is 16.1. The molecular weight excluding hydrogens is 214 g/mol. The predicted molar refractivity (Wildman–Crippen MR) is 67.0 cm³/mol. The molecule has 88 valence electrons. The highest BCUT2D eigenvalue weighted by Crippen LogP contribution is 2.12. The van der Waals surface area contributed by atoms with E-state index in [2.05, 4.69) is 10.4 Å². The summed E-state index contributed by atoms with van der Waals surface area (Å²) in [6.45, 7) is 1.92. The van der Waals surface area contributed by atoms with Gasteiger partial charge in [-0.25, -0.2) is 0 Å². The first kappa shape index (κ1) is 10.5. The van der Waals surface area contributed by atoms with Gasteiger partial charge in [-0.3, -0.25) is 9.48 Å². The van der Waals surface area contributed by atoms with Crippen molar-refractivity contribution < 1.29 is 0 Å². The maximum absolute atomic E-state index is 11.7. The van der Waals surface area contributed by atoms with Gasteiger partial charge in [0, 0.05) is 11.4 Å². The number of para-hydroxylation sites is 1. The van der Waals surface area contributed by atoms with Crippen LogP contribution in [0.5, 0.6) is 0 Å². The molecule has 0 aliphatic carbocycles. The molecule has 4 heteroatoms. The van der Waals surface area contributed by atoms with Crippen LogP contribution in [0.3, 0.4) is 0 Å². The van der Waals surface area contributed by atoms with Crippen LogP contribution in [-0.4, -0.2) is 22.4 Å². The van der Waals surface area contributed by atoms with Crippen LogP contribution >= 0.6 is 0 Å². The lowest BCUT2D eigenvalue weighted by Crippen LogP contribution is -2.28. The summed E-state index contributed by atoms with van der Waals surface area (Å²) < 4.78 is 1.93. The third kappa shape index (κ3) is 1.96. The molecule has 1 N–H and O–H groups in total. The average Bonchev–Trinajstić information content (AvgIpc) is 2.86. The molecule has 0 spiro atoms. The number of nitrogens with zero attached hydrogens (tertiary/aromatic N) is 2. The SMILES string of the molecule is O=c1cnn(CC2CCCN2)c2ccccc12. The predicted octanol–water partition coefficient (Wildman–Crippen LogP) is 1.15. The molecule has 1 fully saturated rings. The van der Waals surface area contributed by atoms with E-state index < -0.39 is 0 Å². The number of nitrogens with one attached hydrogen (secondary N) is 1. The van der Waals surface area contributed by atoms with Gasteiger partial charge in [0.25, 0.3) is 0 Å². The Bertz CT molecular complexity index is 584. The molecule has 3 rings (SSSR count). The lowest BCUT2D eigenvalue weighted by Gasteiger charge is -2.14. The Morgan fingerprint density at radius 1 is 1.41 bits per heavy atom. The number of hydrogen-bond donors (Lipinski definition) is 1. The zero-order chi connectivity index (χ0) is 11.7. The Morgan fingerprint density at radius 2 is 2.29 bits per heavy atom. The van der Waals surface area contributed by atoms with Gasteiger partial charge in [0.1, 0.15) is 0 Å². The molecular formula is C13H15N3O. The third-order valence-electron chi connectivity index (χ3n) is 3.32.